The van der Waals surface area contributed by atoms with Crippen LogP contribution < -0.4 is 10.2 Å². The van der Waals surface area contributed by atoms with E-state index in [1.807, 2.05) is 18.2 Å². The molecule has 2 aliphatic rings. The number of rotatable bonds is 5. The number of ether oxygens (including phenoxy) is 1. The predicted molar refractivity (Wildman–Crippen MR) is 126 cm³/mol. The summed E-state index contributed by atoms with van der Waals surface area (Å²) in [5.41, 5.74) is 2.16. The van der Waals surface area contributed by atoms with Crippen molar-refractivity contribution in [3.05, 3.63) is 60.2 Å². The van der Waals surface area contributed by atoms with Gasteiger partial charge in [-0.3, -0.25) is 4.99 Å². The van der Waals surface area contributed by atoms with E-state index in [1.165, 1.54) is 5.56 Å². The number of aromatic hydroxyl groups is 1. The first-order valence-corrected chi connectivity index (χ1v) is 11.5. The predicted octanol–water partition coefficient (Wildman–Crippen LogP) is 3.65. The van der Waals surface area contributed by atoms with Gasteiger partial charge in [-0.25, -0.2) is 0 Å². The highest BCUT2D eigenvalue weighted by atomic mass is 16.5. The zero-order valence-corrected chi connectivity index (χ0v) is 18.4. The summed E-state index contributed by atoms with van der Waals surface area (Å²) < 4.78 is 6.16. The van der Waals surface area contributed by atoms with Crippen molar-refractivity contribution in [2.45, 2.75) is 25.9 Å². The van der Waals surface area contributed by atoms with E-state index in [0.717, 1.165) is 70.4 Å². The Morgan fingerprint density at radius 3 is 2.55 bits per heavy atom. The van der Waals surface area contributed by atoms with Crippen LogP contribution in [0.1, 0.15) is 31.4 Å². The number of anilines is 1. The van der Waals surface area contributed by atoms with E-state index in [0.29, 0.717) is 11.7 Å². The lowest BCUT2D eigenvalue weighted by molar-refractivity contribution is -0.0250. The summed E-state index contributed by atoms with van der Waals surface area (Å²) in [6, 6.07) is 18.1. The highest BCUT2D eigenvalue weighted by Gasteiger charge is 2.28. The average molecular weight is 423 g/mol. The number of hydrogen-bond acceptors (Lipinski definition) is 4. The molecule has 0 aliphatic carbocycles. The van der Waals surface area contributed by atoms with Gasteiger partial charge >= 0.3 is 0 Å². The van der Waals surface area contributed by atoms with Crippen molar-refractivity contribution < 1.29 is 9.84 Å². The second kappa shape index (κ2) is 10.5. The smallest absolute Gasteiger partial charge is 0.194 e. The van der Waals surface area contributed by atoms with Gasteiger partial charge in [-0.05, 0) is 37.5 Å². The van der Waals surface area contributed by atoms with Crippen LogP contribution in [0.4, 0.5) is 5.69 Å². The minimum absolute atomic E-state index is 0.125. The maximum Gasteiger partial charge on any atom is 0.194 e. The lowest BCUT2D eigenvalue weighted by atomic mass is 9.89. The lowest BCUT2D eigenvalue weighted by Crippen LogP contribution is -2.52. The monoisotopic (exact) mass is 422 g/mol. The molecule has 2 aliphatic heterocycles. The van der Waals surface area contributed by atoms with Crippen LogP contribution in [-0.2, 0) is 4.74 Å². The van der Waals surface area contributed by atoms with Crippen molar-refractivity contribution in [2.24, 2.45) is 10.9 Å². The number of para-hydroxylation sites is 2. The number of phenols is 1. The van der Waals surface area contributed by atoms with Gasteiger partial charge in [0.2, 0.25) is 0 Å². The summed E-state index contributed by atoms with van der Waals surface area (Å²) in [5, 5.41) is 13.6. The van der Waals surface area contributed by atoms with Crippen LogP contribution in [-0.4, -0.2) is 61.8 Å². The van der Waals surface area contributed by atoms with E-state index in [1.54, 1.807) is 6.07 Å². The number of hydrogen-bond donors (Lipinski definition) is 2. The fourth-order valence-electron chi connectivity index (χ4n) is 4.56. The van der Waals surface area contributed by atoms with Crippen LogP contribution in [0.3, 0.4) is 0 Å². The molecule has 0 bridgehead atoms. The molecule has 2 fully saturated rings. The summed E-state index contributed by atoms with van der Waals surface area (Å²) in [7, 11) is 0. The Morgan fingerprint density at radius 2 is 1.81 bits per heavy atom. The van der Waals surface area contributed by atoms with Crippen molar-refractivity contribution in [3.8, 4) is 5.75 Å². The zero-order valence-electron chi connectivity index (χ0n) is 18.4. The molecular formula is C25H34N4O2. The second-order valence-electron chi connectivity index (χ2n) is 8.26. The number of guanidine groups is 1. The van der Waals surface area contributed by atoms with Crippen molar-refractivity contribution in [2.75, 3.05) is 50.8 Å². The molecule has 0 amide bonds. The molecule has 166 valence electrons. The molecule has 2 heterocycles. The molecule has 0 aromatic heterocycles. The van der Waals surface area contributed by atoms with Crippen LogP contribution in [0.2, 0.25) is 0 Å². The summed E-state index contributed by atoms with van der Waals surface area (Å²) >= 11 is 0. The van der Waals surface area contributed by atoms with Crippen molar-refractivity contribution in [3.63, 3.8) is 0 Å². The van der Waals surface area contributed by atoms with Crippen LogP contribution >= 0.6 is 0 Å². The van der Waals surface area contributed by atoms with E-state index < -0.39 is 0 Å². The molecule has 2 aromatic carbocycles. The van der Waals surface area contributed by atoms with Gasteiger partial charge in [0.1, 0.15) is 5.75 Å². The van der Waals surface area contributed by atoms with E-state index in [4.69, 9.17) is 9.73 Å². The third kappa shape index (κ3) is 5.31. The molecule has 2 saturated heterocycles. The number of piperazine rings is 1. The fraction of sp³-hybridized carbons (Fsp3) is 0.480. The van der Waals surface area contributed by atoms with Gasteiger partial charge in [-0.1, -0.05) is 42.5 Å². The first-order valence-electron chi connectivity index (χ1n) is 11.5. The molecule has 6 nitrogen and oxygen atoms in total. The van der Waals surface area contributed by atoms with E-state index >= 15 is 0 Å². The Labute approximate surface area is 185 Å². The molecule has 2 N–H and O–H groups in total. The van der Waals surface area contributed by atoms with Gasteiger partial charge < -0.3 is 25.0 Å². The molecule has 31 heavy (non-hydrogen) atoms. The highest BCUT2D eigenvalue weighted by Crippen LogP contribution is 2.34. The SMILES string of the molecule is CCNC(=NCC1CCCOC1c1ccccc1)N1CCN(c2ccccc2O)CC1. The van der Waals surface area contributed by atoms with Crippen molar-refractivity contribution >= 4 is 11.6 Å². The Balaban J connectivity index is 1.41. The van der Waals surface area contributed by atoms with Gasteiger partial charge in [0.15, 0.2) is 5.96 Å². The second-order valence-corrected chi connectivity index (χ2v) is 8.26. The standard InChI is InChI=1S/C25H34N4O2/c1-2-26-25(29-16-14-28(15-17-29)22-12-6-7-13-23(22)30)27-19-21-11-8-18-31-24(21)20-9-4-3-5-10-20/h3-7,9-10,12-13,21,24,30H,2,8,11,14-19H2,1H3,(H,26,27). The Morgan fingerprint density at radius 1 is 1.06 bits per heavy atom. The largest absolute Gasteiger partial charge is 0.506 e. The third-order valence-electron chi connectivity index (χ3n) is 6.18. The third-order valence-corrected chi connectivity index (χ3v) is 6.18. The fourth-order valence-corrected chi connectivity index (χ4v) is 4.56. The van der Waals surface area contributed by atoms with E-state index in [-0.39, 0.29) is 6.10 Å². The molecule has 4 rings (SSSR count). The Hall–Kier alpha value is -2.73. The van der Waals surface area contributed by atoms with Gasteiger partial charge in [-0.2, -0.15) is 0 Å². The topological polar surface area (TPSA) is 60.3 Å². The van der Waals surface area contributed by atoms with Crippen molar-refractivity contribution in [1.82, 2.24) is 10.2 Å². The lowest BCUT2D eigenvalue weighted by Gasteiger charge is -2.38. The van der Waals surface area contributed by atoms with E-state index in [9.17, 15) is 5.11 Å². The minimum Gasteiger partial charge on any atom is -0.506 e. The number of benzene rings is 2. The maximum absolute atomic E-state index is 10.2. The first kappa shape index (κ1) is 21.5. The maximum atomic E-state index is 10.2. The minimum atomic E-state index is 0.125. The summed E-state index contributed by atoms with van der Waals surface area (Å²) in [4.78, 5) is 9.62. The molecule has 0 spiro atoms. The summed E-state index contributed by atoms with van der Waals surface area (Å²) in [5.74, 6) is 1.73. The van der Waals surface area contributed by atoms with Gasteiger partial charge in [0, 0.05) is 51.8 Å². The highest BCUT2D eigenvalue weighted by molar-refractivity contribution is 5.80. The molecule has 6 heteroatoms. The quantitative estimate of drug-likeness (QED) is 0.569. The first-order chi connectivity index (χ1) is 15.3. The summed E-state index contributed by atoms with van der Waals surface area (Å²) in [6.07, 6.45) is 2.36. The Kier molecular flexibility index (Phi) is 7.30. The van der Waals surface area contributed by atoms with Gasteiger partial charge in [0.05, 0.1) is 11.8 Å². The zero-order chi connectivity index (χ0) is 21.5. The number of phenolic OH excluding ortho intramolecular Hbond substituents is 1. The van der Waals surface area contributed by atoms with Gasteiger partial charge in [0.25, 0.3) is 0 Å². The van der Waals surface area contributed by atoms with Crippen LogP contribution in [0.25, 0.3) is 0 Å². The number of nitrogens with zero attached hydrogens (tertiary/aromatic N) is 3. The Bertz CT molecular complexity index is 850. The molecule has 2 atom stereocenters. The van der Waals surface area contributed by atoms with Gasteiger partial charge in [-0.15, -0.1) is 0 Å². The molecule has 0 saturated carbocycles. The van der Waals surface area contributed by atoms with Crippen LogP contribution in [0.15, 0.2) is 59.6 Å². The van der Waals surface area contributed by atoms with E-state index in [2.05, 4.69) is 52.4 Å². The molecule has 2 unspecified atom stereocenters. The average Bonchev–Trinajstić information content (AvgIpc) is 2.83. The van der Waals surface area contributed by atoms with Crippen LogP contribution in [0, 0.1) is 5.92 Å². The van der Waals surface area contributed by atoms with Crippen molar-refractivity contribution in [1.29, 1.82) is 0 Å². The summed E-state index contributed by atoms with van der Waals surface area (Å²) in [6.45, 7) is 8.04. The number of aliphatic imine (C=N–C) groups is 1. The normalized spacial score (nSPS) is 22.4. The number of nitrogens with one attached hydrogen (secondary N) is 1. The molecule has 2 aromatic rings. The van der Waals surface area contributed by atoms with Crippen LogP contribution in [0.5, 0.6) is 5.75 Å². The molecule has 0 radical (unpaired) electrons. The molecular weight excluding hydrogens is 388 g/mol.